The maximum atomic E-state index is 12.5. The summed E-state index contributed by atoms with van der Waals surface area (Å²) < 4.78 is 7.39. The minimum atomic E-state index is -0.408. The molecule has 1 aromatic heterocycles. The van der Waals surface area contributed by atoms with Crippen LogP contribution >= 0.6 is 0 Å². The zero-order valence-corrected chi connectivity index (χ0v) is 14.1. The molecule has 2 amide bonds. The molecule has 0 saturated carbocycles. The van der Waals surface area contributed by atoms with E-state index in [-0.39, 0.29) is 18.5 Å². The van der Waals surface area contributed by atoms with Gasteiger partial charge in [0.1, 0.15) is 12.1 Å². The van der Waals surface area contributed by atoms with Crippen molar-refractivity contribution in [2.75, 3.05) is 39.3 Å². The number of nitrogens with one attached hydrogen (secondary N) is 1. The first-order chi connectivity index (χ1) is 11.6. The Kier molecular flexibility index (Phi) is 5.03. The third-order valence-electron chi connectivity index (χ3n) is 4.77. The molecule has 2 saturated heterocycles. The van der Waals surface area contributed by atoms with Crippen LogP contribution in [0, 0.1) is 0 Å². The Morgan fingerprint density at radius 1 is 1.46 bits per heavy atom. The summed E-state index contributed by atoms with van der Waals surface area (Å²) in [4.78, 5) is 28.0. The van der Waals surface area contributed by atoms with Crippen LogP contribution in [-0.2, 0) is 16.1 Å². The van der Waals surface area contributed by atoms with Gasteiger partial charge in [0.05, 0.1) is 13.1 Å². The predicted molar refractivity (Wildman–Crippen MR) is 87.4 cm³/mol. The van der Waals surface area contributed by atoms with E-state index in [4.69, 9.17) is 4.74 Å². The van der Waals surface area contributed by atoms with E-state index in [1.165, 1.54) is 0 Å². The fraction of sp³-hybridized carbons (Fsp3) is 0.688. The molecule has 1 spiro atoms. The molecule has 0 unspecified atom stereocenters. The Morgan fingerprint density at radius 2 is 2.25 bits per heavy atom. The van der Waals surface area contributed by atoms with Crippen LogP contribution in [0.2, 0.25) is 0 Å². The molecule has 2 aliphatic heterocycles. The zero-order valence-electron chi connectivity index (χ0n) is 14.1. The van der Waals surface area contributed by atoms with E-state index < -0.39 is 5.60 Å². The minimum absolute atomic E-state index is 0.0485. The van der Waals surface area contributed by atoms with Crippen molar-refractivity contribution in [2.24, 2.45) is 0 Å². The van der Waals surface area contributed by atoms with Crippen molar-refractivity contribution in [3.63, 3.8) is 0 Å². The van der Waals surface area contributed by atoms with Gasteiger partial charge < -0.3 is 15.0 Å². The summed E-state index contributed by atoms with van der Waals surface area (Å²) in [5, 5.41) is 7.41. The Morgan fingerprint density at radius 3 is 2.92 bits per heavy atom. The molecule has 0 radical (unpaired) electrons. The van der Waals surface area contributed by atoms with Crippen LogP contribution in [0.4, 0.5) is 4.79 Å². The Labute approximate surface area is 141 Å². The van der Waals surface area contributed by atoms with Crippen LogP contribution in [0.15, 0.2) is 18.5 Å². The van der Waals surface area contributed by atoms with Gasteiger partial charge in [-0.05, 0) is 26.1 Å². The van der Waals surface area contributed by atoms with Gasteiger partial charge in [-0.1, -0.05) is 0 Å². The molecule has 0 aromatic carbocycles. The monoisotopic (exact) mass is 335 g/mol. The highest BCUT2D eigenvalue weighted by atomic mass is 16.6. The molecule has 1 N–H and O–H groups in total. The largest absolute Gasteiger partial charge is 0.441 e. The summed E-state index contributed by atoms with van der Waals surface area (Å²) >= 11 is 0. The summed E-state index contributed by atoms with van der Waals surface area (Å²) in [6.45, 7) is 6.06. The highest BCUT2D eigenvalue weighted by Crippen LogP contribution is 2.30. The SMILES string of the molecule is CCN(CCn1cccn1)C(=O)CN1CC2(CCNCC2)OC1=O. The molecule has 8 nitrogen and oxygen atoms in total. The second kappa shape index (κ2) is 7.21. The first-order valence-electron chi connectivity index (χ1n) is 8.56. The van der Waals surface area contributed by atoms with Crippen molar-refractivity contribution >= 4 is 12.0 Å². The van der Waals surface area contributed by atoms with E-state index in [2.05, 4.69) is 10.4 Å². The normalized spacial score (nSPS) is 19.5. The fourth-order valence-corrected chi connectivity index (χ4v) is 3.34. The highest BCUT2D eigenvalue weighted by Gasteiger charge is 2.46. The quantitative estimate of drug-likeness (QED) is 0.809. The van der Waals surface area contributed by atoms with E-state index in [1.54, 1.807) is 20.7 Å². The number of rotatable bonds is 6. The number of aromatic nitrogens is 2. The number of carbonyl (C=O) groups is 2. The molecule has 3 heterocycles. The number of carbonyl (C=O) groups excluding carboxylic acids is 2. The van der Waals surface area contributed by atoms with Crippen molar-refractivity contribution in [1.82, 2.24) is 24.9 Å². The third kappa shape index (κ3) is 3.69. The molecule has 132 valence electrons. The lowest BCUT2D eigenvalue weighted by Gasteiger charge is -2.31. The lowest BCUT2D eigenvalue weighted by Crippen LogP contribution is -2.46. The number of amides is 2. The van der Waals surface area contributed by atoms with Crippen molar-refractivity contribution in [2.45, 2.75) is 31.9 Å². The average Bonchev–Trinajstić information content (AvgIpc) is 3.18. The van der Waals surface area contributed by atoms with E-state index >= 15 is 0 Å². The summed E-state index contributed by atoms with van der Waals surface area (Å²) in [7, 11) is 0. The summed E-state index contributed by atoms with van der Waals surface area (Å²) in [6, 6.07) is 1.86. The summed E-state index contributed by atoms with van der Waals surface area (Å²) in [5.74, 6) is -0.0485. The minimum Gasteiger partial charge on any atom is -0.441 e. The summed E-state index contributed by atoms with van der Waals surface area (Å²) in [6.07, 6.45) is 4.84. The molecule has 0 bridgehead atoms. The lowest BCUT2D eigenvalue weighted by molar-refractivity contribution is -0.131. The number of piperidine rings is 1. The molecule has 1 aromatic rings. The third-order valence-corrected chi connectivity index (χ3v) is 4.77. The van der Waals surface area contributed by atoms with Gasteiger partial charge >= 0.3 is 6.09 Å². The zero-order chi connectivity index (χ0) is 17.0. The van der Waals surface area contributed by atoms with Crippen LogP contribution in [-0.4, -0.2) is 76.5 Å². The van der Waals surface area contributed by atoms with Gasteiger partial charge in [-0.2, -0.15) is 5.10 Å². The second-order valence-electron chi connectivity index (χ2n) is 6.40. The maximum absolute atomic E-state index is 12.5. The molecule has 3 rings (SSSR count). The van der Waals surface area contributed by atoms with E-state index in [1.807, 2.05) is 19.2 Å². The van der Waals surface area contributed by atoms with Crippen LogP contribution in [0.1, 0.15) is 19.8 Å². The van der Waals surface area contributed by atoms with Crippen LogP contribution < -0.4 is 5.32 Å². The van der Waals surface area contributed by atoms with Crippen LogP contribution in [0.3, 0.4) is 0 Å². The highest BCUT2D eigenvalue weighted by molar-refractivity contribution is 5.83. The standard InChI is InChI=1S/C16H25N5O3/c1-2-19(10-11-21-9-3-6-18-21)14(22)12-20-13-16(24-15(20)23)4-7-17-8-5-16/h3,6,9,17H,2,4-5,7-8,10-13H2,1H3. The molecule has 2 fully saturated rings. The summed E-state index contributed by atoms with van der Waals surface area (Å²) in [5.41, 5.74) is -0.408. The van der Waals surface area contributed by atoms with Crippen molar-refractivity contribution < 1.29 is 14.3 Å². The van der Waals surface area contributed by atoms with Crippen molar-refractivity contribution in [1.29, 1.82) is 0 Å². The molecule has 2 aliphatic rings. The number of likely N-dealkylation sites (N-methyl/N-ethyl adjacent to an activating group) is 1. The first kappa shape index (κ1) is 16.8. The number of ether oxygens (including phenoxy) is 1. The fourth-order valence-electron chi connectivity index (χ4n) is 3.34. The molecule has 24 heavy (non-hydrogen) atoms. The smallest absolute Gasteiger partial charge is 0.410 e. The van der Waals surface area contributed by atoms with Crippen LogP contribution in [0.5, 0.6) is 0 Å². The van der Waals surface area contributed by atoms with Crippen molar-refractivity contribution in [3.8, 4) is 0 Å². The topological polar surface area (TPSA) is 79.7 Å². The van der Waals surface area contributed by atoms with Gasteiger partial charge in [0.25, 0.3) is 0 Å². The van der Waals surface area contributed by atoms with Gasteiger partial charge in [0, 0.05) is 38.3 Å². The lowest BCUT2D eigenvalue weighted by atomic mass is 9.92. The van der Waals surface area contributed by atoms with Gasteiger partial charge in [-0.25, -0.2) is 4.79 Å². The van der Waals surface area contributed by atoms with Gasteiger partial charge in [0.2, 0.25) is 5.91 Å². The Balaban J connectivity index is 1.53. The maximum Gasteiger partial charge on any atom is 0.410 e. The average molecular weight is 335 g/mol. The molecular formula is C16H25N5O3. The van der Waals surface area contributed by atoms with Gasteiger partial charge in [-0.15, -0.1) is 0 Å². The first-order valence-corrected chi connectivity index (χ1v) is 8.56. The second-order valence-corrected chi connectivity index (χ2v) is 6.40. The predicted octanol–water partition coefficient (Wildman–Crippen LogP) is 0.306. The van der Waals surface area contributed by atoms with Crippen LogP contribution in [0.25, 0.3) is 0 Å². The van der Waals surface area contributed by atoms with Gasteiger partial charge in [-0.3, -0.25) is 14.4 Å². The van der Waals surface area contributed by atoms with E-state index in [0.29, 0.717) is 26.2 Å². The van der Waals surface area contributed by atoms with E-state index in [9.17, 15) is 9.59 Å². The van der Waals surface area contributed by atoms with Gasteiger partial charge in [0.15, 0.2) is 0 Å². The Hall–Kier alpha value is -2.09. The molecule has 8 heteroatoms. The number of hydrogen-bond donors (Lipinski definition) is 1. The number of nitrogens with zero attached hydrogens (tertiary/aromatic N) is 4. The van der Waals surface area contributed by atoms with E-state index in [0.717, 1.165) is 25.9 Å². The Bertz CT molecular complexity index is 568. The molecule has 0 aliphatic carbocycles. The number of hydrogen-bond acceptors (Lipinski definition) is 5. The van der Waals surface area contributed by atoms with Crippen molar-refractivity contribution in [3.05, 3.63) is 18.5 Å². The molecular weight excluding hydrogens is 310 g/mol. The molecule has 0 atom stereocenters.